The molecule has 130 valence electrons. The van der Waals surface area contributed by atoms with Crippen LogP contribution >= 0.6 is 24.0 Å². The van der Waals surface area contributed by atoms with Gasteiger partial charge in [0.05, 0.1) is 0 Å². The van der Waals surface area contributed by atoms with Gasteiger partial charge in [0.15, 0.2) is 5.96 Å². The number of carbonyl (C=O) groups excluding carboxylic acids is 1. The van der Waals surface area contributed by atoms with Crippen LogP contribution in [0.25, 0.3) is 0 Å². The maximum atomic E-state index is 11.6. The maximum absolute atomic E-state index is 11.6. The van der Waals surface area contributed by atoms with Gasteiger partial charge in [-0.1, -0.05) is 43.7 Å². The fourth-order valence-electron chi connectivity index (χ4n) is 1.84. The van der Waals surface area contributed by atoms with Crippen LogP contribution in [0.5, 0.6) is 0 Å². The Balaban J connectivity index is 0.00000484. The Morgan fingerprint density at radius 1 is 1.22 bits per heavy atom. The van der Waals surface area contributed by atoms with Crippen LogP contribution in [0.2, 0.25) is 0 Å². The molecule has 0 aromatic heterocycles. The number of esters is 1. The average molecular weight is 433 g/mol. The largest absolute Gasteiger partial charge is 0.461 e. The van der Waals surface area contributed by atoms with Crippen molar-refractivity contribution in [3.8, 4) is 0 Å². The molecule has 0 spiro atoms. The van der Waals surface area contributed by atoms with Crippen molar-refractivity contribution in [2.24, 2.45) is 10.7 Å². The predicted octanol–water partition coefficient (Wildman–Crippen LogP) is 3.22. The minimum Gasteiger partial charge on any atom is -0.461 e. The van der Waals surface area contributed by atoms with Crippen molar-refractivity contribution in [3.63, 3.8) is 0 Å². The molecule has 3 N–H and O–H groups in total. The monoisotopic (exact) mass is 433 g/mol. The van der Waals surface area contributed by atoms with Crippen molar-refractivity contribution in [3.05, 3.63) is 35.9 Å². The van der Waals surface area contributed by atoms with Crippen LogP contribution in [0.15, 0.2) is 35.3 Å². The lowest BCUT2D eigenvalue weighted by Gasteiger charge is -2.05. The number of nitrogens with zero attached hydrogens (tertiary/aromatic N) is 1. The topological polar surface area (TPSA) is 76.7 Å². The molecule has 23 heavy (non-hydrogen) atoms. The van der Waals surface area contributed by atoms with Gasteiger partial charge in [0.1, 0.15) is 6.61 Å². The van der Waals surface area contributed by atoms with Gasteiger partial charge >= 0.3 is 5.97 Å². The number of hydrogen-bond acceptors (Lipinski definition) is 3. The molecule has 0 aliphatic rings. The molecule has 5 nitrogen and oxygen atoms in total. The molecule has 1 aromatic carbocycles. The van der Waals surface area contributed by atoms with Crippen LogP contribution in [0.1, 0.15) is 44.6 Å². The fourth-order valence-corrected chi connectivity index (χ4v) is 1.84. The second-order valence-corrected chi connectivity index (χ2v) is 5.15. The number of nitrogens with two attached hydrogens (primary N) is 1. The molecule has 0 unspecified atom stereocenters. The SMILES string of the molecule is CCCCNC(N)=NCCCCC(=O)OCc1ccccc1.I. The number of nitrogens with one attached hydrogen (secondary N) is 1. The fraction of sp³-hybridized carbons (Fsp3) is 0.529. The van der Waals surface area contributed by atoms with Gasteiger partial charge in [0, 0.05) is 19.5 Å². The molecule has 0 saturated heterocycles. The van der Waals surface area contributed by atoms with E-state index in [1.807, 2.05) is 30.3 Å². The summed E-state index contributed by atoms with van der Waals surface area (Å²) in [5, 5.41) is 3.06. The van der Waals surface area contributed by atoms with E-state index >= 15 is 0 Å². The first kappa shape index (κ1) is 21.7. The van der Waals surface area contributed by atoms with Crippen LogP contribution in [0.3, 0.4) is 0 Å². The minimum absolute atomic E-state index is 0. The Morgan fingerprint density at radius 3 is 2.65 bits per heavy atom. The second-order valence-electron chi connectivity index (χ2n) is 5.15. The first-order chi connectivity index (χ1) is 10.7. The molecule has 0 bridgehead atoms. The van der Waals surface area contributed by atoms with Crippen molar-refractivity contribution in [1.29, 1.82) is 0 Å². The summed E-state index contributed by atoms with van der Waals surface area (Å²) >= 11 is 0. The molecule has 6 heteroatoms. The summed E-state index contributed by atoms with van der Waals surface area (Å²) in [6.07, 6.45) is 4.23. The van der Waals surface area contributed by atoms with Crippen LogP contribution in [-0.4, -0.2) is 25.0 Å². The summed E-state index contributed by atoms with van der Waals surface area (Å²) in [6, 6.07) is 9.68. The van der Waals surface area contributed by atoms with E-state index in [0.717, 1.165) is 37.8 Å². The molecule has 1 aromatic rings. The Bertz CT molecular complexity index is 452. The van der Waals surface area contributed by atoms with Crippen molar-refractivity contribution >= 4 is 35.9 Å². The van der Waals surface area contributed by atoms with E-state index in [9.17, 15) is 4.79 Å². The first-order valence-corrected chi connectivity index (χ1v) is 7.95. The van der Waals surface area contributed by atoms with Gasteiger partial charge in [-0.25, -0.2) is 0 Å². The summed E-state index contributed by atoms with van der Waals surface area (Å²) < 4.78 is 5.21. The first-order valence-electron chi connectivity index (χ1n) is 7.95. The lowest BCUT2D eigenvalue weighted by Crippen LogP contribution is -2.32. The van der Waals surface area contributed by atoms with Crippen molar-refractivity contribution < 1.29 is 9.53 Å². The Kier molecular flexibility index (Phi) is 13.5. The number of unbranched alkanes of at least 4 members (excludes halogenated alkanes) is 2. The highest BCUT2D eigenvalue weighted by Gasteiger charge is 2.03. The molecule has 0 amide bonds. The van der Waals surface area contributed by atoms with E-state index in [1.165, 1.54) is 0 Å². The van der Waals surface area contributed by atoms with Gasteiger partial charge in [-0.15, -0.1) is 24.0 Å². The van der Waals surface area contributed by atoms with Gasteiger partial charge in [0.25, 0.3) is 0 Å². The summed E-state index contributed by atoms with van der Waals surface area (Å²) in [5.74, 6) is 0.321. The summed E-state index contributed by atoms with van der Waals surface area (Å²) in [5.41, 5.74) is 6.72. The zero-order valence-electron chi connectivity index (χ0n) is 13.8. The summed E-state index contributed by atoms with van der Waals surface area (Å²) in [7, 11) is 0. The standard InChI is InChI=1S/C17H27N3O2.HI/c1-2-3-12-19-17(18)20-13-8-7-11-16(21)22-14-15-9-5-4-6-10-15;/h4-6,9-10H,2-3,7-8,11-14H2,1H3,(H3,18,19,20);1H. The highest BCUT2D eigenvalue weighted by molar-refractivity contribution is 14.0. The number of guanidine groups is 1. The normalized spacial score (nSPS) is 10.7. The molecule has 0 atom stereocenters. The molecule has 0 heterocycles. The second kappa shape index (κ2) is 14.3. The molecule has 0 radical (unpaired) electrons. The quantitative estimate of drug-likeness (QED) is 0.195. The third kappa shape index (κ3) is 11.9. The van der Waals surface area contributed by atoms with E-state index in [4.69, 9.17) is 10.5 Å². The number of ether oxygens (including phenoxy) is 1. The van der Waals surface area contributed by atoms with Crippen molar-refractivity contribution in [2.75, 3.05) is 13.1 Å². The Labute approximate surface area is 156 Å². The molecule has 1 rings (SSSR count). The molecule has 0 fully saturated rings. The van der Waals surface area contributed by atoms with Crippen molar-refractivity contribution in [2.45, 2.75) is 45.6 Å². The Morgan fingerprint density at radius 2 is 1.96 bits per heavy atom. The van der Waals surface area contributed by atoms with Gasteiger partial charge in [-0.05, 0) is 24.8 Å². The number of halogens is 1. The van der Waals surface area contributed by atoms with Crippen molar-refractivity contribution in [1.82, 2.24) is 5.32 Å². The number of benzene rings is 1. The van der Waals surface area contributed by atoms with Crippen LogP contribution in [-0.2, 0) is 16.1 Å². The number of aliphatic imine (C=N–C) groups is 1. The number of hydrogen-bond donors (Lipinski definition) is 2. The van der Waals surface area contributed by atoms with Crippen LogP contribution in [0.4, 0.5) is 0 Å². The highest BCUT2D eigenvalue weighted by atomic mass is 127. The molecule has 0 aliphatic heterocycles. The molecule has 0 saturated carbocycles. The van der Waals surface area contributed by atoms with E-state index in [0.29, 0.717) is 25.5 Å². The van der Waals surface area contributed by atoms with Crippen LogP contribution in [0, 0.1) is 0 Å². The maximum Gasteiger partial charge on any atom is 0.306 e. The number of carbonyl (C=O) groups is 1. The van der Waals surface area contributed by atoms with Gasteiger partial charge in [0.2, 0.25) is 0 Å². The zero-order chi connectivity index (χ0) is 16.0. The van der Waals surface area contributed by atoms with E-state index in [1.54, 1.807) is 0 Å². The third-order valence-corrected chi connectivity index (χ3v) is 3.15. The zero-order valence-corrected chi connectivity index (χ0v) is 16.1. The average Bonchev–Trinajstić information content (AvgIpc) is 2.54. The van der Waals surface area contributed by atoms with Gasteiger partial charge in [-0.3, -0.25) is 9.79 Å². The van der Waals surface area contributed by atoms with Gasteiger partial charge < -0.3 is 15.8 Å². The minimum atomic E-state index is -0.165. The number of rotatable bonds is 10. The Hall–Kier alpha value is -1.31. The molecular formula is C17H28IN3O2. The van der Waals surface area contributed by atoms with E-state index < -0.39 is 0 Å². The van der Waals surface area contributed by atoms with E-state index in [-0.39, 0.29) is 29.9 Å². The summed E-state index contributed by atoms with van der Waals surface area (Å²) in [4.78, 5) is 15.8. The lowest BCUT2D eigenvalue weighted by molar-refractivity contribution is -0.145. The highest BCUT2D eigenvalue weighted by Crippen LogP contribution is 2.04. The summed E-state index contributed by atoms with van der Waals surface area (Å²) in [6.45, 7) is 3.96. The van der Waals surface area contributed by atoms with Gasteiger partial charge in [-0.2, -0.15) is 0 Å². The lowest BCUT2D eigenvalue weighted by atomic mass is 10.2. The third-order valence-electron chi connectivity index (χ3n) is 3.15. The molecular weight excluding hydrogens is 405 g/mol. The smallest absolute Gasteiger partial charge is 0.306 e. The van der Waals surface area contributed by atoms with Crippen LogP contribution < -0.4 is 11.1 Å². The van der Waals surface area contributed by atoms with E-state index in [2.05, 4.69) is 17.2 Å². The molecule has 0 aliphatic carbocycles. The predicted molar refractivity (Wildman–Crippen MR) is 105 cm³/mol.